The molecule has 5 heteroatoms. The van der Waals surface area contributed by atoms with Crippen molar-refractivity contribution in [3.8, 4) is 5.75 Å². The Morgan fingerprint density at radius 1 is 1.36 bits per heavy atom. The van der Waals surface area contributed by atoms with Crippen LogP contribution >= 0.6 is 0 Å². The molecule has 0 radical (unpaired) electrons. The van der Waals surface area contributed by atoms with E-state index < -0.39 is 5.54 Å². The molecule has 2 rings (SSSR count). The third kappa shape index (κ3) is 4.31. The summed E-state index contributed by atoms with van der Waals surface area (Å²) in [5.41, 5.74) is 6.17. The molecule has 22 heavy (non-hydrogen) atoms. The quantitative estimate of drug-likeness (QED) is 0.879. The third-order valence-corrected chi connectivity index (χ3v) is 3.56. The van der Waals surface area contributed by atoms with Gasteiger partial charge < -0.3 is 15.8 Å². The van der Waals surface area contributed by atoms with E-state index in [4.69, 9.17) is 10.5 Å². The molecule has 1 amide bonds. The molecule has 3 N–H and O–H groups in total. The summed E-state index contributed by atoms with van der Waals surface area (Å²) in [5.74, 6) is 0.443. The molecule has 1 aromatic rings. The van der Waals surface area contributed by atoms with Crippen LogP contribution in [0.15, 0.2) is 36.2 Å². The van der Waals surface area contributed by atoms with Gasteiger partial charge in [0.15, 0.2) is 0 Å². The molecule has 0 saturated heterocycles. The van der Waals surface area contributed by atoms with Crippen LogP contribution in [0.1, 0.15) is 44.0 Å². The van der Waals surface area contributed by atoms with Gasteiger partial charge in [-0.3, -0.25) is 4.79 Å². The molecule has 1 fully saturated rings. The van der Waals surface area contributed by atoms with E-state index in [1.54, 1.807) is 24.3 Å². The Kier molecular flexibility index (Phi) is 4.56. The summed E-state index contributed by atoms with van der Waals surface area (Å²) in [6.07, 6.45) is 2.12. The van der Waals surface area contributed by atoms with E-state index in [1.165, 1.54) is 0 Å². The predicted octanol–water partition coefficient (Wildman–Crippen LogP) is 2.94. The maximum Gasteiger partial charge on any atom is 0.251 e. The zero-order chi connectivity index (χ0) is 16.4. The van der Waals surface area contributed by atoms with Crippen LogP contribution in [0.25, 0.3) is 0 Å². The van der Waals surface area contributed by atoms with E-state index in [9.17, 15) is 9.18 Å². The number of rotatable bonds is 5. The lowest BCUT2D eigenvalue weighted by atomic mass is 10.1. The molecule has 0 spiro atoms. The fraction of sp³-hybridized carbons (Fsp3) is 0.471. The van der Waals surface area contributed by atoms with Gasteiger partial charge in [-0.05, 0) is 57.9 Å². The van der Waals surface area contributed by atoms with Gasteiger partial charge in [0, 0.05) is 22.2 Å². The number of halogens is 1. The first kappa shape index (κ1) is 16.5. The highest BCUT2D eigenvalue weighted by Crippen LogP contribution is 2.39. The average molecular weight is 306 g/mol. The van der Waals surface area contributed by atoms with Crippen LogP contribution in [0.5, 0.6) is 5.75 Å². The number of amides is 1. The van der Waals surface area contributed by atoms with Crippen LogP contribution in [0.3, 0.4) is 0 Å². The second-order valence-electron chi connectivity index (χ2n) is 6.81. The van der Waals surface area contributed by atoms with Gasteiger partial charge in [-0.2, -0.15) is 0 Å². The molecule has 0 atom stereocenters. The lowest BCUT2D eigenvalue weighted by Gasteiger charge is -2.20. The molecule has 4 nitrogen and oxygen atoms in total. The molecule has 0 unspecified atom stereocenters. The summed E-state index contributed by atoms with van der Waals surface area (Å²) in [7, 11) is 0. The largest absolute Gasteiger partial charge is 0.489 e. The monoisotopic (exact) mass is 306 g/mol. The Bertz CT molecular complexity index is 569. The van der Waals surface area contributed by atoms with Crippen molar-refractivity contribution in [2.45, 2.75) is 44.7 Å². The highest BCUT2D eigenvalue weighted by atomic mass is 19.1. The fourth-order valence-corrected chi connectivity index (χ4v) is 2.02. The molecule has 1 saturated carbocycles. The first-order chi connectivity index (χ1) is 10.2. The second kappa shape index (κ2) is 6.08. The molecule has 0 aliphatic heterocycles. The number of nitrogens with two attached hydrogens (primary N) is 1. The summed E-state index contributed by atoms with van der Waals surface area (Å²) in [6, 6.07) is 6.77. The highest BCUT2D eigenvalue weighted by Gasteiger charge is 2.42. The van der Waals surface area contributed by atoms with Crippen LogP contribution < -0.4 is 15.8 Å². The topological polar surface area (TPSA) is 64.3 Å². The van der Waals surface area contributed by atoms with Crippen molar-refractivity contribution in [3.05, 3.63) is 41.7 Å². The predicted molar refractivity (Wildman–Crippen MR) is 84.5 cm³/mol. The van der Waals surface area contributed by atoms with E-state index >= 15 is 0 Å². The van der Waals surface area contributed by atoms with E-state index in [0.717, 1.165) is 12.8 Å². The molecule has 1 aromatic carbocycles. The van der Waals surface area contributed by atoms with Gasteiger partial charge in [0.05, 0.1) is 6.33 Å². The molecule has 1 aliphatic carbocycles. The number of carbonyl (C=O) groups is 1. The normalized spacial score (nSPS) is 17.0. The Morgan fingerprint density at radius 2 is 1.95 bits per heavy atom. The second-order valence-corrected chi connectivity index (χ2v) is 6.81. The smallest absolute Gasteiger partial charge is 0.251 e. The van der Waals surface area contributed by atoms with Gasteiger partial charge in [-0.15, -0.1) is 0 Å². The minimum absolute atomic E-state index is 0.126. The van der Waals surface area contributed by atoms with E-state index in [1.807, 2.05) is 20.8 Å². The highest BCUT2D eigenvalue weighted by molar-refractivity contribution is 5.94. The first-order valence-corrected chi connectivity index (χ1v) is 7.37. The lowest BCUT2D eigenvalue weighted by Crippen LogP contribution is -2.40. The van der Waals surface area contributed by atoms with Gasteiger partial charge in [0.1, 0.15) is 12.4 Å². The van der Waals surface area contributed by atoms with Crippen LogP contribution in [0, 0.1) is 0 Å². The number of carbonyl (C=O) groups excluding carboxylic acids is 1. The van der Waals surface area contributed by atoms with Crippen molar-refractivity contribution >= 4 is 5.91 Å². The van der Waals surface area contributed by atoms with Crippen LogP contribution in [0.4, 0.5) is 4.39 Å². The Morgan fingerprint density at radius 3 is 2.41 bits per heavy atom. The van der Waals surface area contributed by atoms with Gasteiger partial charge >= 0.3 is 0 Å². The molecule has 0 aromatic heterocycles. The molecule has 1 aliphatic rings. The van der Waals surface area contributed by atoms with Crippen molar-refractivity contribution in [1.29, 1.82) is 0 Å². The van der Waals surface area contributed by atoms with Crippen LogP contribution in [-0.2, 0) is 0 Å². The summed E-state index contributed by atoms with van der Waals surface area (Å²) in [5, 5.41) is 2.89. The van der Waals surface area contributed by atoms with E-state index in [0.29, 0.717) is 23.2 Å². The Hall–Kier alpha value is -1.88. The molecular formula is C17H23FN2O2. The zero-order valence-electron chi connectivity index (χ0n) is 13.3. The number of nitrogens with one attached hydrogen (secondary N) is 1. The molecular weight excluding hydrogens is 283 g/mol. The Balaban J connectivity index is 1.93. The minimum Gasteiger partial charge on any atom is -0.489 e. The number of hydrogen-bond acceptors (Lipinski definition) is 3. The van der Waals surface area contributed by atoms with Gasteiger partial charge in [-0.25, -0.2) is 4.39 Å². The Labute approximate surface area is 130 Å². The number of benzene rings is 1. The minimum atomic E-state index is -0.527. The lowest BCUT2D eigenvalue weighted by molar-refractivity contribution is 0.0919. The van der Waals surface area contributed by atoms with Crippen molar-refractivity contribution in [3.63, 3.8) is 0 Å². The standard InChI is InChI=1S/C17H23FN2O2/c1-16(2,3)20-15(21)12-4-6-14(7-5-12)22-11-13(10-18)17(19)8-9-17/h4-7,10H,8-9,11,19H2,1-3H3,(H,20,21)/b13-10-. The number of ether oxygens (including phenoxy) is 1. The summed E-state index contributed by atoms with van der Waals surface area (Å²) in [6.45, 7) is 5.90. The first-order valence-electron chi connectivity index (χ1n) is 7.37. The van der Waals surface area contributed by atoms with Crippen LogP contribution in [0.2, 0.25) is 0 Å². The van der Waals surface area contributed by atoms with Gasteiger partial charge in [0.25, 0.3) is 5.91 Å². The van der Waals surface area contributed by atoms with Gasteiger partial charge in [0.2, 0.25) is 0 Å². The average Bonchev–Trinajstić information content (AvgIpc) is 3.17. The maximum atomic E-state index is 12.8. The summed E-state index contributed by atoms with van der Waals surface area (Å²) < 4.78 is 18.4. The van der Waals surface area contributed by atoms with Crippen molar-refractivity contribution in [2.75, 3.05) is 6.61 Å². The van der Waals surface area contributed by atoms with Crippen LogP contribution in [-0.4, -0.2) is 23.6 Å². The van der Waals surface area contributed by atoms with Crippen molar-refractivity contribution < 1.29 is 13.9 Å². The zero-order valence-corrected chi connectivity index (χ0v) is 13.3. The maximum absolute atomic E-state index is 12.8. The van der Waals surface area contributed by atoms with Gasteiger partial charge in [-0.1, -0.05) is 0 Å². The third-order valence-electron chi connectivity index (χ3n) is 3.56. The van der Waals surface area contributed by atoms with Crippen molar-refractivity contribution in [1.82, 2.24) is 5.32 Å². The van der Waals surface area contributed by atoms with Crippen molar-refractivity contribution in [2.24, 2.45) is 5.73 Å². The van der Waals surface area contributed by atoms with E-state index in [-0.39, 0.29) is 18.1 Å². The molecule has 0 heterocycles. The number of hydrogen-bond donors (Lipinski definition) is 2. The summed E-state index contributed by atoms with van der Waals surface area (Å²) in [4.78, 5) is 12.0. The SMILES string of the molecule is CC(C)(C)NC(=O)c1ccc(OC/C(=C/F)C2(N)CC2)cc1. The molecule has 120 valence electrons. The fourth-order valence-electron chi connectivity index (χ4n) is 2.02. The molecule has 0 bridgehead atoms. The summed E-state index contributed by atoms with van der Waals surface area (Å²) >= 11 is 0. The van der Waals surface area contributed by atoms with E-state index in [2.05, 4.69) is 5.32 Å².